The fourth-order valence-corrected chi connectivity index (χ4v) is 1.60. The van der Waals surface area contributed by atoms with Crippen LogP contribution >= 0.6 is 0 Å². The first-order valence-corrected chi connectivity index (χ1v) is 5.20. The number of hydrogen-bond donors (Lipinski definition) is 2. The molecular formula is C10H13N3O3. The Labute approximate surface area is 92.0 Å². The van der Waals surface area contributed by atoms with Gasteiger partial charge in [0.1, 0.15) is 5.69 Å². The maximum atomic E-state index is 11.6. The number of H-pyrrole nitrogens is 1. The highest BCUT2D eigenvalue weighted by Crippen LogP contribution is 2.10. The molecule has 1 aromatic heterocycles. The van der Waals surface area contributed by atoms with Crippen molar-refractivity contribution in [3.63, 3.8) is 0 Å². The highest BCUT2D eigenvalue weighted by atomic mass is 16.5. The van der Waals surface area contributed by atoms with Gasteiger partial charge in [-0.3, -0.25) is 9.59 Å². The molecule has 0 radical (unpaired) electrons. The van der Waals surface area contributed by atoms with Crippen molar-refractivity contribution >= 4 is 5.91 Å². The molecule has 6 heteroatoms. The van der Waals surface area contributed by atoms with E-state index >= 15 is 0 Å². The zero-order chi connectivity index (χ0) is 11.4. The first kappa shape index (κ1) is 10.8. The van der Waals surface area contributed by atoms with Crippen LogP contribution in [0.4, 0.5) is 0 Å². The van der Waals surface area contributed by atoms with Gasteiger partial charge in [0.2, 0.25) is 0 Å². The summed E-state index contributed by atoms with van der Waals surface area (Å²) in [6, 6.07) is 1.17. The smallest absolute Gasteiger partial charge is 0.270 e. The van der Waals surface area contributed by atoms with E-state index in [4.69, 9.17) is 4.74 Å². The predicted octanol–water partition coefficient (Wildman–Crippen LogP) is -0.321. The Morgan fingerprint density at radius 3 is 3.25 bits per heavy atom. The Morgan fingerprint density at radius 1 is 1.69 bits per heavy atom. The lowest BCUT2D eigenvalue weighted by atomic mass is 10.2. The molecule has 2 rings (SSSR count). The first-order chi connectivity index (χ1) is 7.75. The molecule has 0 saturated carbocycles. The summed E-state index contributed by atoms with van der Waals surface area (Å²) in [5, 5.41) is 2.69. The van der Waals surface area contributed by atoms with Crippen LogP contribution in [0.15, 0.2) is 17.2 Å². The molecule has 1 saturated heterocycles. The molecule has 6 nitrogen and oxygen atoms in total. The van der Waals surface area contributed by atoms with Crippen molar-refractivity contribution < 1.29 is 9.53 Å². The highest BCUT2D eigenvalue weighted by molar-refractivity contribution is 5.92. The summed E-state index contributed by atoms with van der Waals surface area (Å²) in [5.41, 5.74) is -0.209. The van der Waals surface area contributed by atoms with Crippen molar-refractivity contribution in [2.24, 2.45) is 0 Å². The minimum atomic E-state index is -0.346. The van der Waals surface area contributed by atoms with Crippen LogP contribution in [0.5, 0.6) is 0 Å². The zero-order valence-corrected chi connectivity index (χ0v) is 8.73. The van der Waals surface area contributed by atoms with Gasteiger partial charge in [0.25, 0.3) is 11.5 Å². The van der Waals surface area contributed by atoms with E-state index in [9.17, 15) is 9.59 Å². The van der Waals surface area contributed by atoms with Crippen LogP contribution in [0.2, 0.25) is 0 Å². The van der Waals surface area contributed by atoms with Gasteiger partial charge in [-0.25, -0.2) is 4.98 Å². The van der Waals surface area contributed by atoms with Gasteiger partial charge >= 0.3 is 0 Å². The number of carbonyl (C=O) groups excluding carboxylic acids is 1. The topological polar surface area (TPSA) is 84.1 Å². The van der Waals surface area contributed by atoms with Crippen molar-refractivity contribution in [2.75, 3.05) is 13.2 Å². The number of amides is 1. The third kappa shape index (κ3) is 2.66. The van der Waals surface area contributed by atoms with Gasteiger partial charge in [-0.05, 0) is 12.8 Å². The SMILES string of the molecule is O=C(NCC1CCCO1)c1cc(=O)[nH]cn1. The Hall–Kier alpha value is -1.69. The van der Waals surface area contributed by atoms with Crippen molar-refractivity contribution in [3.8, 4) is 0 Å². The molecule has 1 unspecified atom stereocenters. The maximum Gasteiger partial charge on any atom is 0.270 e. The summed E-state index contributed by atoms with van der Waals surface area (Å²) in [5.74, 6) is -0.346. The maximum absolute atomic E-state index is 11.6. The van der Waals surface area contributed by atoms with Crippen LogP contribution in [0.3, 0.4) is 0 Å². The van der Waals surface area contributed by atoms with Crippen LogP contribution in [0.25, 0.3) is 0 Å². The summed E-state index contributed by atoms with van der Waals surface area (Å²) in [6.45, 7) is 1.22. The van der Waals surface area contributed by atoms with Crippen LogP contribution in [-0.2, 0) is 4.74 Å². The van der Waals surface area contributed by atoms with Crippen molar-refractivity contribution in [2.45, 2.75) is 18.9 Å². The van der Waals surface area contributed by atoms with E-state index in [1.807, 2.05) is 0 Å². The van der Waals surface area contributed by atoms with Crippen molar-refractivity contribution in [3.05, 3.63) is 28.4 Å². The number of rotatable bonds is 3. The molecule has 1 aliphatic rings. The van der Waals surface area contributed by atoms with Gasteiger partial charge in [0.05, 0.1) is 12.4 Å². The van der Waals surface area contributed by atoms with E-state index in [-0.39, 0.29) is 23.3 Å². The average Bonchev–Trinajstić information content (AvgIpc) is 2.78. The lowest BCUT2D eigenvalue weighted by Gasteiger charge is -2.09. The number of hydrogen-bond acceptors (Lipinski definition) is 4. The van der Waals surface area contributed by atoms with Crippen molar-refractivity contribution in [1.82, 2.24) is 15.3 Å². The number of carbonyl (C=O) groups is 1. The Bertz CT molecular complexity index is 423. The quantitative estimate of drug-likeness (QED) is 0.735. The normalized spacial score (nSPS) is 19.6. The molecule has 1 aromatic rings. The third-order valence-corrected chi connectivity index (χ3v) is 2.43. The summed E-state index contributed by atoms with van der Waals surface area (Å²) < 4.78 is 5.36. The number of ether oxygens (including phenoxy) is 1. The minimum Gasteiger partial charge on any atom is -0.376 e. The van der Waals surface area contributed by atoms with E-state index in [1.165, 1.54) is 12.4 Å². The summed E-state index contributed by atoms with van der Waals surface area (Å²) in [4.78, 5) is 28.7. The lowest BCUT2D eigenvalue weighted by molar-refractivity contribution is 0.0853. The molecule has 0 bridgehead atoms. The second-order valence-electron chi connectivity index (χ2n) is 3.64. The fourth-order valence-electron chi connectivity index (χ4n) is 1.60. The molecule has 0 spiro atoms. The summed E-state index contributed by atoms with van der Waals surface area (Å²) in [6.07, 6.45) is 3.29. The monoisotopic (exact) mass is 223 g/mol. The molecule has 1 atom stereocenters. The summed E-state index contributed by atoms with van der Waals surface area (Å²) in [7, 11) is 0. The number of aromatic amines is 1. The molecule has 16 heavy (non-hydrogen) atoms. The van der Waals surface area contributed by atoms with Crippen LogP contribution in [0.1, 0.15) is 23.3 Å². The molecule has 2 heterocycles. The molecule has 1 fully saturated rings. The predicted molar refractivity (Wildman–Crippen MR) is 56.2 cm³/mol. The molecule has 1 amide bonds. The highest BCUT2D eigenvalue weighted by Gasteiger charge is 2.17. The van der Waals surface area contributed by atoms with Gasteiger partial charge in [0.15, 0.2) is 0 Å². The zero-order valence-electron chi connectivity index (χ0n) is 8.73. The number of nitrogens with one attached hydrogen (secondary N) is 2. The summed E-state index contributed by atoms with van der Waals surface area (Å²) >= 11 is 0. The van der Waals surface area contributed by atoms with Gasteiger partial charge in [0, 0.05) is 19.2 Å². The average molecular weight is 223 g/mol. The van der Waals surface area contributed by atoms with Crippen LogP contribution in [-0.4, -0.2) is 35.1 Å². The number of aromatic nitrogens is 2. The lowest BCUT2D eigenvalue weighted by Crippen LogP contribution is -2.32. The number of nitrogens with zero attached hydrogens (tertiary/aromatic N) is 1. The second kappa shape index (κ2) is 4.89. The van der Waals surface area contributed by atoms with E-state index in [2.05, 4.69) is 15.3 Å². The van der Waals surface area contributed by atoms with E-state index in [0.29, 0.717) is 6.54 Å². The van der Waals surface area contributed by atoms with Crippen LogP contribution < -0.4 is 10.9 Å². The molecule has 0 aliphatic carbocycles. The van der Waals surface area contributed by atoms with E-state index in [0.717, 1.165) is 19.4 Å². The van der Waals surface area contributed by atoms with E-state index in [1.54, 1.807) is 0 Å². The van der Waals surface area contributed by atoms with Crippen LogP contribution in [0, 0.1) is 0 Å². The fraction of sp³-hybridized carbons (Fsp3) is 0.500. The van der Waals surface area contributed by atoms with Gasteiger partial charge < -0.3 is 15.0 Å². The third-order valence-electron chi connectivity index (χ3n) is 2.43. The standard InChI is InChI=1S/C10H13N3O3/c14-9-4-8(12-6-13-9)10(15)11-5-7-2-1-3-16-7/h4,6-7H,1-3,5H2,(H,11,15)(H,12,13,14). The molecule has 2 N–H and O–H groups in total. The van der Waals surface area contributed by atoms with Gasteiger partial charge in [-0.1, -0.05) is 0 Å². The van der Waals surface area contributed by atoms with E-state index < -0.39 is 0 Å². The van der Waals surface area contributed by atoms with Crippen molar-refractivity contribution in [1.29, 1.82) is 0 Å². The molecule has 0 aromatic carbocycles. The largest absolute Gasteiger partial charge is 0.376 e. The minimum absolute atomic E-state index is 0.0888. The first-order valence-electron chi connectivity index (χ1n) is 5.20. The van der Waals surface area contributed by atoms with Gasteiger partial charge in [-0.15, -0.1) is 0 Å². The molecule has 86 valence electrons. The Morgan fingerprint density at radius 2 is 2.56 bits per heavy atom. The molecule has 1 aliphatic heterocycles. The molecular weight excluding hydrogens is 210 g/mol. The Balaban J connectivity index is 1.90. The Kier molecular flexibility index (Phi) is 3.31. The van der Waals surface area contributed by atoms with Gasteiger partial charge in [-0.2, -0.15) is 0 Å². The second-order valence-corrected chi connectivity index (χ2v) is 3.64.